The van der Waals surface area contributed by atoms with Crippen LogP contribution in [0.4, 0.5) is 0 Å². The lowest BCUT2D eigenvalue weighted by Gasteiger charge is -2.39. The molecule has 0 radical (unpaired) electrons. The second-order valence-electron chi connectivity index (χ2n) is 4.93. The Hall–Kier alpha value is -0.750. The molecule has 1 aliphatic rings. The van der Waals surface area contributed by atoms with Crippen LogP contribution < -0.4 is 5.32 Å². The highest BCUT2D eigenvalue weighted by atomic mass is 31.2. The summed E-state index contributed by atoms with van der Waals surface area (Å²) < 4.78 is 18.5. The molecule has 2 rings (SSSR count). The van der Waals surface area contributed by atoms with Gasteiger partial charge in [-0.1, -0.05) is 30.3 Å². The molecule has 2 atom stereocenters. The Bertz CT molecular complexity index is 465. The van der Waals surface area contributed by atoms with Crippen LogP contribution in [0.25, 0.3) is 0 Å². The number of nitrogens with one attached hydrogen (secondary N) is 1. The maximum absolute atomic E-state index is 11.8. The predicted molar refractivity (Wildman–Crippen MR) is 76.1 cm³/mol. The number of nitrogens with zero attached hydrogens (tertiary/aromatic N) is 1. The molecule has 0 aromatic heterocycles. The van der Waals surface area contributed by atoms with Gasteiger partial charge in [-0.15, -0.1) is 0 Å². The molecule has 20 heavy (non-hydrogen) atoms. The van der Waals surface area contributed by atoms with E-state index in [4.69, 9.17) is 4.74 Å². The van der Waals surface area contributed by atoms with Crippen LogP contribution >= 0.6 is 7.75 Å². The Morgan fingerprint density at radius 2 is 2.10 bits per heavy atom. The lowest BCUT2D eigenvalue weighted by molar-refractivity contribution is 0.0129. The number of piperidine rings is 1. The van der Waals surface area contributed by atoms with Gasteiger partial charge in [-0.25, -0.2) is 4.57 Å². The summed E-state index contributed by atoms with van der Waals surface area (Å²) in [5.74, 6) is 0. The summed E-state index contributed by atoms with van der Waals surface area (Å²) in [6.07, 6.45) is 0.569. The number of hydrogen-bond acceptors (Lipinski definition) is 3. The van der Waals surface area contributed by atoms with Gasteiger partial charge in [-0.3, -0.25) is 0 Å². The molecule has 0 amide bonds. The lowest BCUT2D eigenvalue weighted by Crippen LogP contribution is -2.53. The molecule has 3 N–H and O–H groups in total. The topological polar surface area (TPSA) is 82.0 Å². The molecule has 1 aromatic carbocycles. The largest absolute Gasteiger partial charge is 0.403 e. The van der Waals surface area contributed by atoms with Crippen molar-refractivity contribution in [3.8, 4) is 0 Å². The third-order valence-corrected chi connectivity index (χ3v) is 4.70. The molecule has 112 valence electrons. The second-order valence-corrected chi connectivity index (χ2v) is 6.47. The van der Waals surface area contributed by atoms with E-state index in [0.717, 1.165) is 18.5 Å². The van der Waals surface area contributed by atoms with Gasteiger partial charge < -0.3 is 19.8 Å². The molecule has 1 heterocycles. The van der Waals surface area contributed by atoms with Gasteiger partial charge in [-0.2, -0.15) is 4.67 Å². The quantitative estimate of drug-likeness (QED) is 0.703. The monoisotopic (exact) mass is 300 g/mol. The molecule has 1 fully saturated rings. The fourth-order valence-electron chi connectivity index (χ4n) is 2.56. The van der Waals surface area contributed by atoms with Crippen LogP contribution in [0.1, 0.15) is 12.0 Å². The van der Waals surface area contributed by atoms with Gasteiger partial charge in [0.05, 0.1) is 12.1 Å². The maximum Gasteiger partial charge on any atom is 0.403 e. The number of rotatable bonds is 5. The van der Waals surface area contributed by atoms with Crippen LogP contribution in [0.15, 0.2) is 30.3 Å². The van der Waals surface area contributed by atoms with Crippen LogP contribution in [-0.4, -0.2) is 46.8 Å². The highest BCUT2D eigenvalue weighted by Crippen LogP contribution is 2.44. The van der Waals surface area contributed by atoms with Crippen LogP contribution in [-0.2, 0) is 15.8 Å². The van der Waals surface area contributed by atoms with Crippen molar-refractivity contribution in [2.45, 2.75) is 25.1 Å². The first-order chi connectivity index (χ1) is 9.52. The summed E-state index contributed by atoms with van der Waals surface area (Å²) in [5, 5.41) is 3.17. The average molecular weight is 300 g/mol. The van der Waals surface area contributed by atoms with Gasteiger partial charge in [-0.05, 0) is 18.5 Å². The van der Waals surface area contributed by atoms with E-state index in [9.17, 15) is 14.4 Å². The summed E-state index contributed by atoms with van der Waals surface area (Å²) in [6, 6.07) is 8.99. The van der Waals surface area contributed by atoms with E-state index in [0.29, 0.717) is 6.54 Å². The second kappa shape index (κ2) is 6.80. The molecule has 6 nitrogen and oxygen atoms in total. The summed E-state index contributed by atoms with van der Waals surface area (Å²) >= 11 is 0. The Morgan fingerprint density at radius 3 is 2.70 bits per heavy atom. The number of hydrogen-bond donors (Lipinski definition) is 3. The summed E-state index contributed by atoms with van der Waals surface area (Å²) in [6.45, 7) is 1.52. The van der Waals surface area contributed by atoms with Crippen LogP contribution in [0.5, 0.6) is 0 Å². The van der Waals surface area contributed by atoms with Crippen molar-refractivity contribution < 1.29 is 19.1 Å². The minimum atomic E-state index is -4.35. The third-order valence-electron chi connectivity index (χ3n) is 3.60. The van der Waals surface area contributed by atoms with E-state index in [1.54, 1.807) is 7.11 Å². The van der Waals surface area contributed by atoms with E-state index in [-0.39, 0.29) is 18.7 Å². The first-order valence-electron chi connectivity index (χ1n) is 6.62. The van der Waals surface area contributed by atoms with Gasteiger partial charge in [0.25, 0.3) is 0 Å². The molecule has 1 aliphatic heterocycles. The summed E-state index contributed by atoms with van der Waals surface area (Å²) in [5.41, 5.74) is 0.872. The molecule has 7 heteroatoms. The zero-order valence-electron chi connectivity index (χ0n) is 11.5. The van der Waals surface area contributed by atoms with E-state index >= 15 is 0 Å². The Kier molecular flexibility index (Phi) is 5.32. The molecule has 0 spiro atoms. The molecule has 0 bridgehead atoms. The fraction of sp³-hybridized carbons (Fsp3) is 0.538. The Balaban J connectivity index is 2.21. The van der Waals surface area contributed by atoms with E-state index in [1.165, 1.54) is 4.67 Å². The molecule has 1 aromatic rings. The van der Waals surface area contributed by atoms with Crippen LogP contribution in [0.3, 0.4) is 0 Å². The summed E-state index contributed by atoms with van der Waals surface area (Å²) in [4.78, 5) is 19.3. The zero-order chi connectivity index (χ0) is 14.6. The minimum Gasteiger partial charge on any atom is -0.380 e. The van der Waals surface area contributed by atoms with Crippen LogP contribution in [0, 0.1) is 0 Å². The number of methoxy groups -OCH3 is 1. The molecule has 0 saturated carbocycles. The molecule has 0 aliphatic carbocycles. The van der Waals surface area contributed by atoms with Gasteiger partial charge in [0.15, 0.2) is 0 Å². The van der Waals surface area contributed by atoms with Crippen molar-refractivity contribution in [3.63, 3.8) is 0 Å². The normalized spacial score (nSPS) is 24.0. The first-order valence-corrected chi connectivity index (χ1v) is 8.19. The van der Waals surface area contributed by atoms with Gasteiger partial charge >= 0.3 is 7.75 Å². The third kappa shape index (κ3) is 3.88. The van der Waals surface area contributed by atoms with Crippen molar-refractivity contribution in [1.82, 2.24) is 9.99 Å². The van der Waals surface area contributed by atoms with Crippen LogP contribution in [0.2, 0.25) is 0 Å². The molecule has 1 saturated heterocycles. The fourth-order valence-corrected chi connectivity index (χ4v) is 3.53. The maximum atomic E-state index is 11.8. The highest BCUT2D eigenvalue weighted by molar-refractivity contribution is 7.49. The van der Waals surface area contributed by atoms with Crippen molar-refractivity contribution in [1.29, 1.82) is 0 Å². The van der Waals surface area contributed by atoms with Crippen molar-refractivity contribution in [2.24, 2.45) is 0 Å². The van der Waals surface area contributed by atoms with Gasteiger partial charge in [0.1, 0.15) is 0 Å². The highest BCUT2D eigenvalue weighted by Gasteiger charge is 2.38. The first kappa shape index (κ1) is 15.6. The molecular formula is C13H21N2O4P. The van der Waals surface area contributed by atoms with E-state index in [2.05, 4.69) is 5.32 Å². The smallest absolute Gasteiger partial charge is 0.380 e. The van der Waals surface area contributed by atoms with Crippen molar-refractivity contribution in [2.75, 3.05) is 20.2 Å². The predicted octanol–water partition coefficient (Wildman–Crippen LogP) is 0.958. The summed E-state index contributed by atoms with van der Waals surface area (Å²) in [7, 11) is -2.76. The number of ether oxygens (including phenoxy) is 1. The Labute approximate surface area is 119 Å². The lowest BCUT2D eigenvalue weighted by atomic mass is 10.0. The van der Waals surface area contributed by atoms with Gasteiger partial charge in [0, 0.05) is 20.2 Å². The zero-order valence-corrected chi connectivity index (χ0v) is 12.4. The SMILES string of the molecule is COC1CCNCC1N(Cc1ccccc1)P(=O)(O)O. The van der Waals surface area contributed by atoms with E-state index in [1.807, 2.05) is 30.3 Å². The minimum absolute atomic E-state index is 0.174. The standard InChI is InChI=1S/C13H21N2O4P/c1-19-13-7-8-14-9-12(13)15(20(16,17)18)10-11-5-3-2-4-6-11/h2-6,12-14H,7-10H2,1H3,(H2,16,17,18). The average Bonchev–Trinajstić information content (AvgIpc) is 2.45. The number of benzene rings is 1. The van der Waals surface area contributed by atoms with E-state index < -0.39 is 7.75 Å². The molecular weight excluding hydrogens is 279 g/mol. The Morgan fingerprint density at radius 1 is 1.40 bits per heavy atom. The van der Waals surface area contributed by atoms with Crippen molar-refractivity contribution in [3.05, 3.63) is 35.9 Å². The molecule has 2 unspecified atom stereocenters. The van der Waals surface area contributed by atoms with Crippen molar-refractivity contribution >= 4 is 7.75 Å². The van der Waals surface area contributed by atoms with Gasteiger partial charge in [0.2, 0.25) is 0 Å².